The summed E-state index contributed by atoms with van der Waals surface area (Å²) in [5.74, 6) is 1.07. The first kappa shape index (κ1) is 19.6. The molecule has 1 N–H and O–H groups in total. The van der Waals surface area contributed by atoms with Crippen LogP contribution >= 0.6 is 0 Å². The highest BCUT2D eigenvalue weighted by Crippen LogP contribution is 2.57. The fourth-order valence-electron chi connectivity index (χ4n) is 6.39. The van der Waals surface area contributed by atoms with Crippen molar-refractivity contribution in [2.24, 2.45) is 11.8 Å². The Morgan fingerprint density at radius 2 is 2.00 bits per heavy atom. The summed E-state index contributed by atoms with van der Waals surface area (Å²) in [5, 5.41) is 10.1. The summed E-state index contributed by atoms with van der Waals surface area (Å²) in [6, 6.07) is 16.5. The molecule has 1 unspecified atom stereocenters. The van der Waals surface area contributed by atoms with Crippen molar-refractivity contribution in [2.45, 2.75) is 50.0 Å². The van der Waals surface area contributed by atoms with Crippen molar-refractivity contribution in [3.8, 4) is 5.75 Å². The standard InChI is InChI=1S/C26H31NO3/c1-17-23-13-18-9-10-21(28)14-22(18)25(17,2)11-12-27(23)16-20-15-26(20,24(29)30-3)19-7-5-4-6-8-19/h4-10,14,17,20,23,28H,11-13,15-16H2,1-3H3/t17?,20-,23+,25+,26+/m1/s1. The van der Waals surface area contributed by atoms with Crippen LogP contribution < -0.4 is 0 Å². The van der Waals surface area contributed by atoms with Gasteiger partial charge in [-0.05, 0) is 71.9 Å². The van der Waals surface area contributed by atoms with Crippen molar-refractivity contribution in [1.29, 1.82) is 0 Å². The molecule has 2 aliphatic carbocycles. The van der Waals surface area contributed by atoms with E-state index in [0.29, 0.717) is 23.6 Å². The normalized spacial score (nSPS) is 34.8. The molecular formula is C26H31NO3. The highest BCUT2D eigenvalue weighted by atomic mass is 16.5. The number of carbonyl (C=O) groups excluding carboxylic acids is 1. The van der Waals surface area contributed by atoms with Crippen molar-refractivity contribution in [3.05, 3.63) is 65.2 Å². The molecule has 5 rings (SSSR count). The number of phenolic OH excluding ortho intramolecular Hbond substituents is 1. The molecule has 0 radical (unpaired) electrons. The summed E-state index contributed by atoms with van der Waals surface area (Å²) < 4.78 is 5.25. The van der Waals surface area contributed by atoms with Gasteiger partial charge in [-0.25, -0.2) is 0 Å². The molecule has 1 saturated heterocycles. The van der Waals surface area contributed by atoms with Crippen LogP contribution in [-0.4, -0.2) is 42.2 Å². The van der Waals surface area contributed by atoms with Crippen LogP contribution in [0.2, 0.25) is 0 Å². The molecule has 2 aromatic rings. The number of benzene rings is 2. The van der Waals surface area contributed by atoms with E-state index in [9.17, 15) is 9.90 Å². The van der Waals surface area contributed by atoms with Gasteiger partial charge < -0.3 is 9.84 Å². The Bertz CT molecular complexity index is 973. The molecule has 1 saturated carbocycles. The van der Waals surface area contributed by atoms with Crippen LogP contribution in [0.15, 0.2) is 48.5 Å². The van der Waals surface area contributed by atoms with Gasteiger partial charge in [0.1, 0.15) is 5.75 Å². The molecule has 30 heavy (non-hydrogen) atoms. The van der Waals surface area contributed by atoms with Crippen LogP contribution in [0.4, 0.5) is 0 Å². The Kier molecular flexibility index (Phi) is 4.48. The number of likely N-dealkylation sites (tertiary alicyclic amines) is 1. The van der Waals surface area contributed by atoms with Crippen LogP contribution in [0.1, 0.15) is 43.4 Å². The van der Waals surface area contributed by atoms with Gasteiger partial charge in [0.25, 0.3) is 0 Å². The lowest BCUT2D eigenvalue weighted by Crippen LogP contribution is -2.58. The third kappa shape index (κ3) is 2.73. The van der Waals surface area contributed by atoms with E-state index in [1.807, 2.05) is 30.3 Å². The summed E-state index contributed by atoms with van der Waals surface area (Å²) in [6.07, 6.45) is 2.95. The second kappa shape index (κ2) is 6.84. The zero-order valence-electron chi connectivity index (χ0n) is 18.1. The number of methoxy groups -OCH3 is 1. The molecule has 2 fully saturated rings. The Labute approximate surface area is 178 Å². The molecule has 1 aliphatic heterocycles. The maximum atomic E-state index is 12.8. The number of esters is 1. The molecule has 2 bridgehead atoms. The summed E-state index contributed by atoms with van der Waals surface area (Å²) in [6.45, 7) is 6.69. The zero-order valence-corrected chi connectivity index (χ0v) is 18.1. The van der Waals surface area contributed by atoms with E-state index < -0.39 is 5.41 Å². The van der Waals surface area contributed by atoms with Crippen LogP contribution in [0, 0.1) is 11.8 Å². The number of aromatic hydroxyl groups is 1. The van der Waals surface area contributed by atoms with E-state index in [1.54, 1.807) is 0 Å². The largest absolute Gasteiger partial charge is 0.508 e. The average Bonchev–Trinajstić information content (AvgIpc) is 3.48. The number of rotatable bonds is 4. The molecule has 5 atom stereocenters. The van der Waals surface area contributed by atoms with Gasteiger partial charge in [0.2, 0.25) is 0 Å². The Morgan fingerprint density at radius 1 is 1.23 bits per heavy atom. The fraction of sp³-hybridized carbons (Fsp3) is 0.500. The first-order valence-corrected chi connectivity index (χ1v) is 11.1. The third-order valence-corrected chi connectivity index (χ3v) is 8.51. The van der Waals surface area contributed by atoms with Gasteiger partial charge in [-0.15, -0.1) is 0 Å². The first-order chi connectivity index (χ1) is 14.4. The molecule has 3 aliphatic rings. The SMILES string of the molecule is COC(=O)[C@]1(c2ccccc2)C[C@@H]1CN1CC[C@]2(C)c3cc(O)ccc3C[C@H]1C2C. The molecule has 1 heterocycles. The van der Waals surface area contributed by atoms with Crippen molar-refractivity contribution >= 4 is 5.97 Å². The minimum absolute atomic E-state index is 0.0932. The molecule has 0 amide bonds. The summed E-state index contributed by atoms with van der Waals surface area (Å²) in [7, 11) is 1.50. The van der Waals surface area contributed by atoms with Gasteiger partial charge in [-0.2, -0.15) is 0 Å². The predicted octanol–water partition coefficient (Wildman–Crippen LogP) is 4.05. The van der Waals surface area contributed by atoms with Crippen LogP contribution in [0.25, 0.3) is 0 Å². The van der Waals surface area contributed by atoms with E-state index in [1.165, 1.54) is 18.2 Å². The molecule has 0 spiro atoms. The first-order valence-electron chi connectivity index (χ1n) is 11.1. The topological polar surface area (TPSA) is 49.8 Å². The van der Waals surface area contributed by atoms with Gasteiger partial charge in [0.15, 0.2) is 0 Å². The van der Waals surface area contributed by atoms with Crippen molar-refractivity contribution < 1.29 is 14.6 Å². The monoisotopic (exact) mass is 405 g/mol. The Morgan fingerprint density at radius 3 is 2.73 bits per heavy atom. The summed E-state index contributed by atoms with van der Waals surface area (Å²) >= 11 is 0. The Balaban J connectivity index is 1.41. The molecular weight excluding hydrogens is 374 g/mol. The number of ether oxygens (including phenoxy) is 1. The number of nitrogens with zero attached hydrogens (tertiary/aromatic N) is 1. The number of hydrogen-bond donors (Lipinski definition) is 1. The number of phenols is 1. The molecule has 4 heteroatoms. The van der Waals surface area contributed by atoms with E-state index in [4.69, 9.17) is 4.74 Å². The smallest absolute Gasteiger partial charge is 0.316 e. The summed E-state index contributed by atoms with van der Waals surface area (Å²) in [4.78, 5) is 15.4. The van der Waals surface area contributed by atoms with Crippen LogP contribution in [0.3, 0.4) is 0 Å². The lowest BCUT2D eigenvalue weighted by molar-refractivity contribution is -0.144. The lowest BCUT2D eigenvalue weighted by Gasteiger charge is -2.54. The van der Waals surface area contributed by atoms with Gasteiger partial charge in [-0.1, -0.05) is 50.2 Å². The fourth-order valence-corrected chi connectivity index (χ4v) is 6.39. The van der Waals surface area contributed by atoms with E-state index in [2.05, 4.69) is 36.9 Å². The van der Waals surface area contributed by atoms with Crippen LogP contribution in [-0.2, 0) is 26.8 Å². The van der Waals surface area contributed by atoms with Crippen molar-refractivity contribution in [2.75, 3.05) is 20.2 Å². The molecule has 158 valence electrons. The molecule has 4 nitrogen and oxygen atoms in total. The molecule has 0 aromatic heterocycles. The maximum Gasteiger partial charge on any atom is 0.316 e. The lowest BCUT2D eigenvalue weighted by atomic mass is 9.59. The highest BCUT2D eigenvalue weighted by Gasteiger charge is 2.63. The average molecular weight is 406 g/mol. The zero-order chi connectivity index (χ0) is 21.1. The minimum Gasteiger partial charge on any atom is -0.508 e. The van der Waals surface area contributed by atoms with E-state index in [-0.39, 0.29) is 11.4 Å². The minimum atomic E-state index is -0.488. The third-order valence-electron chi connectivity index (χ3n) is 8.51. The number of fused-ring (bicyclic) bond motifs is 4. The van der Waals surface area contributed by atoms with Gasteiger partial charge in [-0.3, -0.25) is 9.69 Å². The van der Waals surface area contributed by atoms with Crippen LogP contribution in [0.5, 0.6) is 5.75 Å². The maximum absolute atomic E-state index is 12.8. The number of hydrogen-bond acceptors (Lipinski definition) is 4. The summed E-state index contributed by atoms with van der Waals surface area (Å²) in [5.41, 5.74) is 3.38. The van der Waals surface area contributed by atoms with Gasteiger partial charge in [0, 0.05) is 12.6 Å². The number of piperidine rings is 1. The van der Waals surface area contributed by atoms with E-state index >= 15 is 0 Å². The predicted molar refractivity (Wildman–Crippen MR) is 117 cm³/mol. The molecule has 2 aromatic carbocycles. The van der Waals surface area contributed by atoms with E-state index in [0.717, 1.165) is 37.9 Å². The Hall–Kier alpha value is -2.33. The second-order valence-electron chi connectivity index (χ2n) is 9.79. The van der Waals surface area contributed by atoms with Gasteiger partial charge >= 0.3 is 5.97 Å². The highest BCUT2D eigenvalue weighted by molar-refractivity contribution is 5.87. The number of carbonyl (C=O) groups is 1. The quantitative estimate of drug-likeness (QED) is 0.780. The van der Waals surface area contributed by atoms with Gasteiger partial charge in [0.05, 0.1) is 12.5 Å². The van der Waals surface area contributed by atoms with Crippen molar-refractivity contribution in [1.82, 2.24) is 4.90 Å². The van der Waals surface area contributed by atoms with Crippen molar-refractivity contribution in [3.63, 3.8) is 0 Å². The second-order valence-corrected chi connectivity index (χ2v) is 9.79.